The molecule has 2 atom stereocenters. The smallest absolute Gasteiger partial charge is 0.225 e. The molecule has 1 aliphatic carbocycles. The van der Waals surface area contributed by atoms with E-state index in [2.05, 4.69) is 24.8 Å². The second-order valence-electron chi connectivity index (χ2n) is 7.68. The summed E-state index contributed by atoms with van der Waals surface area (Å²) in [6, 6.07) is 3.65. The van der Waals surface area contributed by atoms with Crippen LogP contribution in [0.1, 0.15) is 37.2 Å². The second kappa shape index (κ2) is 8.27. The molecule has 1 saturated heterocycles. The molecule has 0 spiro atoms. The maximum Gasteiger partial charge on any atom is 0.225 e. The number of aromatic nitrogens is 4. The van der Waals surface area contributed by atoms with Gasteiger partial charge in [0.25, 0.3) is 0 Å². The Kier molecular flexibility index (Phi) is 5.58. The van der Waals surface area contributed by atoms with E-state index >= 15 is 0 Å². The molecule has 0 amide bonds. The summed E-state index contributed by atoms with van der Waals surface area (Å²) >= 11 is 5.86. The number of rotatable bonds is 6. The van der Waals surface area contributed by atoms with Crippen LogP contribution < -0.4 is 9.64 Å². The summed E-state index contributed by atoms with van der Waals surface area (Å²) in [5.41, 5.74) is 0.353. The van der Waals surface area contributed by atoms with Crippen LogP contribution in [0.2, 0.25) is 5.02 Å². The zero-order chi connectivity index (χ0) is 19.5. The number of piperidine rings is 1. The van der Waals surface area contributed by atoms with Gasteiger partial charge in [0.05, 0.1) is 24.0 Å². The predicted molar refractivity (Wildman–Crippen MR) is 105 cm³/mol. The van der Waals surface area contributed by atoms with Crippen LogP contribution >= 0.6 is 11.6 Å². The molecule has 4 rings (SSSR count). The Morgan fingerprint density at radius 3 is 2.68 bits per heavy atom. The third kappa shape index (κ3) is 4.68. The van der Waals surface area contributed by atoms with Gasteiger partial charge in [-0.15, -0.1) is 0 Å². The van der Waals surface area contributed by atoms with E-state index in [0.29, 0.717) is 34.9 Å². The van der Waals surface area contributed by atoms with Crippen molar-refractivity contribution in [1.29, 1.82) is 5.26 Å². The van der Waals surface area contributed by atoms with Gasteiger partial charge in [-0.2, -0.15) is 10.2 Å². The van der Waals surface area contributed by atoms with Gasteiger partial charge in [0.15, 0.2) is 0 Å². The van der Waals surface area contributed by atoms with Gasteiger partial charge in [0.2, 0.25) is 11.8 Å². The molecule has 8 heteroatoms. The minimum Gasteiger partial charge on any atom is -0.477 e. The van der Waals surface area contributed by atoms with Crippen LogP contribution in [0.25, 0.3) is 0 Å². The van der Waals surface area contributed by atoms with Gasteiger partial charge >= 0.3 is 0 Å². The summed E-state index contributed by atoms with van der Waals surface area (Å²) in [6.45, 7) is 4.44. The van der Waals surface area contributed by atoms with Crippen LogP contribution in [0.15, 0.2) is 18.5 Å². The first-order chi connectivity index (χ1) is 13.6. The molecule has 0 radical (unpaired) electrons. The number of nitriles is 1. The fourth-order valence-electron chi connectivity index (χ4n) is 3.93. The Labute approximate surface area is 169 Å². The molecule has 7 nitrogen and oxygen atoms in total. The molecular weight excluding hydrogens is 376 g/mol. The van der Waals surface area contributed by atoms with E-state index in [-0.39, 0.29) is 0 Å². The highest BCUT2D eigenvalue weighted by atomic mass is 35.5. The quantitative estimate of drug-likeness (QED) is 0.736. The lowest BCUT2D eigenvalue weighted by Gasteiger charge is -2.32. The van der Waals surface area contributed by atoms with Crippen molar-refractivity contribution in [3.8, 4) is 11.9 Å². The number of nitrogens with zero attached hydrogens (tertiary/aromatic N) is 6. The van der Waals surface area contributed by atoms with Gasteiger partial charge < -0.3 is 9.64 Å². The molecule has 1 saturated carbocycles. The molecule has 2 unspecified atom stereocenters. The third-order valence-corrected chi connectivity index (χ3v) is 5.78. The van der Waals surface area contributed by atoms with Crippen molar-refractivity contribution < 1.29 is 4.74 Å². The normalized spacial score (nSPS) is 22.0. The Bertz CT molecular complexity index is 860. The number of hydrogen-bond donors (Lipinski definition) is 0. The van der Waals surface area contributed by atoms with E-state index in [0.717, 1.165) is 30.9 Å². The lowest BCUT2D eigenvalue weighted by Crippen LogP contribution is -2.35. The zero-order valence-corrected chi connectivity index (χ0v) is 16.6. The van der Waals surface area contributed by atoms with Crippen LogP contribution in [0.3, 0.4) is 0 Å². The molecule has 2 aromatic rings. The van der Waals surface area contributed by atoms with E-state index in [1.165, 1.54) is 25.7 Å². The van der Waals surface area contributed by atoms with Crippen molar-refractivity contribution in [2.75, 3.05) is 24.6 Å². The van der Waals surface area contributed by atoms with Crippen molar-refractivity contribution in [2.24, 2.45) is 17.8 Å². The minimum atomic E-state index is 0.353. The van der Waals surface area contributed by atoms with Gasteiger partial charge in [-0.25, -0.2) is 15.0 Å². The number of ether oxygens (including phenoxy) is 1. The van der Waals surface area contributed by atoms with Gasteiger partial charge in [0, 0.05) is 19.2 Å². The number of anilines is 1. The van der Waals surface area contributed by atoms with Crippen molar-refractivity contribution in [3.63, 3.8) is 0 Å². The van der Waals surface area contributed by atoms with E-state index in [4.69, 9.17) is 21.6 Å². The SMILES string of the molecule is Cc1nc(C#N)cc(OCC2CC2CC2CCN(c3ncc(Cl)cn3)CC2)n1. The summed E-state index contributed by atoms with van der Waals surface area (Å²) in [7, 11) is 0. The highest BCUT2D eigenvalue weighted by molar-refractivity contribution is 6.30. The topological polar surface area (TPSA) is 87.8 Å². The van der Waals surface area contributed by atoms with Crippen LogP contribution in [0, 0.1) is 36.0 Å². The van der Waals surface area contributed by atoms with Crippen LogP contribution in [0.5, 0.6) is 5.88 Å². The summed E-state index contributed by atoms with van der Waals surface area (Å²) in [4.78, 5) is 19.2. The Morgan fingerprint density at radius 1 is 1.21 bits per heavy atom. The lowest BCUT2D eigenvalue weighted by molar-refractivity contribution is 0.269. The number of halogens is 1. The monoisotopic (exact) mass is 398 g/mol. The molecule has 2 fully saturated rings. The van der Waals surface area contributed by atoms with Crippen molar-refractivity contribution in [1.82, 2.24) is 19.9 Å². The van der Waals surface area contributed by atoms with Gasteiger partial charge in [-0.1, -0.05) is 11.6 Å². The van der Waals surface area contributed by atoms with Gasteiger partial charge in [-0.3, -0.25) is 0 Å². The highest BCUT2D eigenvalue weighted by Crippen LogP contribution is 2.45. The predicted octanol–water partition coefficient (Wildman–Crippen LogP) is 3.42. The highest BCUT2D eigenvalue weighted by Gasteiger charge is 2.39. The second-order valence-corrected chi connectivity index (χ2v) is 8.12. The molecule has 2 aromatic heterocycles. The molecular formula is C20H23ClN6O. The Morgan fingerprint density at radius 2 is 1.96 bits per heavy atom. The minimum absolute atomic E-state index is 0.353. The standard InChI is InChI=1S/C20H23ClN6O/c1-13-25-18(9-22)8-19(26-13)28-12-16-7-15(16)6-14-2-4-27(5-3-14)20-23-10-17(21)11-24-20/h8,10-11,14-16H,2-7,12H2,1H3. The maximum absolute atomic E-state index is 8.99. The maximum atomic E-state index is 8.99. The average molecular weight is 399 g/mol. The summed E-state index contributed by atoms with van der Waals surface area (Å²) in [5, 5.41) is 9.56. The summed E-state index contributed by atoms with van der Waals surface area (Å²) in [5.74, 6) is 3.94. The van der Waals surface area contributed by atoms with Crippen LogP contribution in [-0.4, -0.2) is 39.6 Å². The number of hydrogen-bond acceptors (Lipinski definition) is 7. The van der Waals surface area contributed by atoms with E-state index in [1.807, 2.05) is 6.07 Å². The van der Waals surface area contributed by atoms with E-state index in [9.17, 15) is 0 Å². The van der Waals surface area contributed by atoms with Crippen molar-refractivity contribution in [2.45, 2.75) is 32.6 Å². The first kappa shape index (κ1) is 18.9. The van der Waals surface area contributed by atoms with Crippen LogP contribution in [-0.2, 0) is 0 Å². The first-order valence-electron chi connectivity index (χ1n) is 9.72. The summed E-state index contributed by atoms with van der Waals surface area (Å²) in [6.07, 6.45) is 8.14. The fraction of sp³-hybridized carbons (Fsp3) is 0.550. The zero-order valence-electron chi connectivity index (χ0n) is 15.9. The molecule has 146 valence electrons. The lowest BCUT2D eigenvalue weighted by atomic mass is 9.91. The third-order valence-electron chi connectivity index (χ3n) is 5.58. The molecule has 2 aliphatic rings. The molecule has 28 heavy (non-hydrogen) atoms. The first-order valence-corrected chi connectivity index (χ1v) is 10.1. The van der Waals surface area contributed by atoms with Gasteiger partial charge in [-0.05, 0) is 50.4 Å². The van der Waals surface area contributed by atoms with Crippen molar-refractivity contribution in [3.05, 3.63) is 35.0 Å². The van der Waals surface area contributed by atoms with Crippen LogP contribution in [0.4, 0.5) is 5.95 Å². The summed E-state index contributed by atoms with van der Waals surface area (Å²) < 4.78 is 5.82. The van der Waals surface area contributed by atoms with Gasteiger partial charge in [0.1, 0.15) is 17.6 Å². The molecule has 0 bridgehead atoms. The van der Waals surface area contributed by atoms with E-state index in [1.54, 1.807) is 25.4 Å². The van der Waals surface area contributed by atoms with Crippen molar-refractivity contribution >= 4 is 17.5 Å². The molecule has 0 aromatic carbocycles. The molecule has 0 N–H and O–H groups in total. The largest absolute Gasteiger partial charge is 0.477 e. The molecule has 1 aliphatic heterocycles. The average Bonchev–Trinajstić information content (AvgIpc) is 3.45. The van der Waals surface area contributed by atoms with E-state index < -0.39 is 0 Å². The fourth-order valence-corrected chi connectivity index (χ4v) is 4.03. The Balaban J connectivity index is 1.20. The Hall–Kier alpha value is -2.46. The molecule has 3 heterocycles. The number of aryl methyl sites for hydroxylation is 1.